The van der Waals surface area contributed by atoms with Gasteiger partial charge in [0.1, 0.15) is 0 Å². The quantitative estimate of drug-likeness (QED) is 0.849. The number of aryl methyl sites for hydroxylation is 1. The highest BCUT2D eigenvalue weighted by atomic mass is 16.4. The van der Waals surface area contributed by atoms with Crippen LogP contribution in [0.25, 0.3) is 11.1 Å². The number of nitrogens with zero attached hydrogens (tertiary/aromatic N) is 2. The second kappa shape index (κ2) is 4.18. The first-order chi connectivity index (χ1) is 7.66. The number of carboxylic acid groups (broad SMARTS) is 1. The van der Waals surface area contributed by atoms with Crippen LogP contribution < -0.4 is 0 Å². The second-order valence-electron chi connectivity index (χ2n) is 3.63. The summed E-state index contributed by atoms with van der Waals surface area (Å²) in [5, 5.41) is 12.9. The van der Waals surface area contributed by atoms with Gasteiger partial charge in [0.15, 0.2) is 0 Å². The molecule has 82 valence electrons. The maximum Gasteiger partial charge on any atom is 0.307 e. The van der Waals surface area contributed by atoms with Crippen molar-refractivity contribution >= 4 is 5.97 Å². The highest BCUT2D eigenvalue weighted by molar-refractivity contribution is 5.76. The Hall–Kier alpha value is -2.10. The van der Waals surface area contributed by atoms with Crippen molar-refractivity contribution in [1.29, 1.82) is 0 Å². The van der Waals surface area contributed by atoms with Gasteiger partial charge in [-0.1, -0.05) is 24.3 Å². The van der Waals surface area contributed by atoms with Gasteiger partial charge in [0.25, 0.3) is 0 Å². The number of benzene rings is 1. The molecule has 1 aromatic carbocycles. The summed E-state index contributed by atoms with van der Waals surface area (Å²) in [4.78, 5) is 10.7. The molecule has 0 fully saturated rings. The molecule has 4 heteroatoms. The number of carboxylic acids is 1. The lowest BCUT2D eigenvalue weighted by Gasteiger charge is -2.04. The highest BCUT2D eigenvalue weighted by Gasteiger charge is 2.08. The summed E-state index contributed by atoms with van der Waals surface area (Å²) in [6, 6.07) is 7.48. The zero-order chi connectivity index (χ0) is 11.5. The predicted molar refractivity (Wildman–Crippen MR) is 60.0 cm³/mol. The van der Waals surface area contributed by atoms with Crippen molar-refractivity contribution < 1.29 is 9.90 Å². The van der Waals surface area contributed by atoms with Crippen molar-refractivity contribution in [2.75, 3.05) is 0 Å². The van der Waals surface area contributed by atoms with Gasteiger partial charge in [-0.15, -0.1) is 0 Å². The zero-order valence-electron chi connectivity index (χ0n) is 8.92. The Morgan fingerprint density at radius 3 is 2.81 bits per heavy atom. The Morgan fingerprint density at radius 1 is 1.44 bits per heavy atom. The number of carbonyl (C=O) groups is 1. The van der Waals surface area contributed by atoms with Crippen molar-refractivity contribution in [3.05, 3.63) is 42.2 Å². The number of hydrogen-bond donors (Lipinski definition) is 1. The summed E-state index contributed by atoms with van der Waals surface area (Å²) >= 11 is 0. The fourth-order valence-electron chi connectivity index (χ4n) is 1.68. The molecule has 0 unspecified atom stereocenters. The molecule has 2 aromatic rings. The van der Waals surface area contributed by atoms with Crippen LogP contribution in [0.3, 0.4) is 0 Å². The van der Waals surface area contributed by atoms with Crippen LogP contribution in [0, 0.1) is 0 Å². The monoisotopic (exact) mass is 216 g/mol. The Labute approximate surface area is 93.1 Å². The van der Waals surface area contributed by atoms with E-state index in [2.05, 4.69) is 5.10 Å². The van der Waals surface area contributed by atoms with Gasteiger partial charge in [0.05, 0.1) is 12.6 Å². The lowest BCUT2D eigenvalue weighted by molar-refractivity contribution is -0.136. The molecular formula is C12H12N2O2. The van der Waals surface area contributed by atoms with Gasteiger partial charge in [-0.2, -0.15) is 5.10 Å². The summed E-state index contributed by atoms with van der Waals surface area (Å²) in [5.41, 5.74) is 2.68. The first-order valence-corrected chi connectivity index (χ1v) is 4.95. The van der Waals surface area contributed by atoms with Gasteiger partial charge in [-0.3, -0.25) is 9.48 Å². The van der Waals surface area contributed by atoms with Gasteiger partial charge in [-0.25, -0.2) is 0 Å². The predicted octanol–water partition coefficient (Wildman–Crippen LogP) is 1.71. The zero-order valence-corrected chi connectivity index (χ0v) is 8.92. The summed E-state index contributed by atoms with van der Waals surface area (Å²) < 4.78 is 1.70. The second-order valence-corrected chi connectivity index (χ2v) is 3.63. The van der Waals surface area contributed by atoms with Gasteiger partial charge in [0.2, 0.25) is 0 Å². The SMILES string of the molecule is Cn1cc(-c2ccccc2CC(=O)O)cn1. The van der Waals surface area contributed by atoms with E-state index < -0.39 is 5.97 Å². The Kier molecular flexibility index (Phi) is 2.72. The van der Waals surface area contributed by atoms with E-state index >= 15 is 0 Å². The first-order valence-electron chi connectivity index (χ1n) is 4.95. The summed E-state index contributed by atoms with van der Waals surface area (Å²) in [5.74, 6) is -0.823. The Balaban J connectivity index is 2.43. The van der Waals surface area contributed by atoms with Gasteiger partial charge >= 0.3 is 5.97 Å². The standard InChI is InChI=1S/C12H12N2O2/c1-14-8-10(7-13-14)11-5-3-2-4-9(11)6-12(15)16/h2-5,7-8H,6H2,1H3,(H,15,16). The average molecular weight is 216 g/mol. The molecule has 16 heavy (non-hydrogen) atoms. The largest absolute Gasteiger partial charge is 0.481 e. The summed E-state index contributed by atoms with van der Waals surface area (Å²) in [6.45, 7) is 0. The van der Waals surface area contributed by atoms with Crippen LogP contribution in [0.1, 0.15) is 5.56 Å². The van der Waals surface area contributed by atoms with Crippen molar-refractivity contribution in [3.8, 4) is 11.1 Å². The summed E-state index contributed by atoms with van der Waals surface area (Å²) in [7, 11) is 1.84. The molecule has 0 spiro atoms. The smallest absolute Gasteiger partial charge is 0.307 e. The lowest BCUT2D eigenvalue weighted by Crippen LogP contribution is -2.01. The molecule has 0 aliphatic heterocycles. The van der Waals surface area contributed by atoms with Crippen LogP contribution in [-0.2, 0) is 18.3 Å². The molecule has 0 aliphatic carbocycles. The third-order valence-corrected chi connectivity index (χ3v) is 2.37. The van der Waals surface area contributed by atoms with Gasteiger partial charge in [0, 0.05) is 18.8 Å². The van der Waals surface area contributed by atoms with E-state index in [-0.39, 0.29) is 6.42 Å². The maximum absolute atomic E-state index is 10.7. The minimum absolute atomic E-state index is 0.0328. The number of rotatable bonds is 3. The minimum Gasteiger partial charge on any atom is -0.481 e. The van der Waals surface area contributed by atoms with E-state index in [9.17, 15) is 4.79 Å². The number of aliphatic carboxylic acids is 1. The van der Waals surface area contributed by atoms with Crippen LogP contribution in [-0.4, -0.2) is 20.9 Å². The van der Waals surface area contributed by atoms with Gasteiger partial charge < -0.3 is 5.11 Å². The fourth-order valence-corrected chi connectivity index (χ4v) is 1.68. The molecule has 0 saturated carbocycles. The molecule has 0 bridgehead atoms. The third-order valence-electron chi connectivity index (χ3n) is 2.37. The van der Waals surface area contributed by atoms with Crippen LogP contribution >= 0.6 is 0 Å². The Bertz CT molecular complexity index is 517. The topological polar surface area (TPSA) is 55.1 Å². The van der Waals surface area contributed by atoms with E-state index in [1.165, 1.54) is 0 Å². The van der Waals surface area contributed by atoms with E-state index in [0.29, 0.717) is 0 Å². The lowest BCUT2D eigenvalue weighted by atomic mass is 10.0. The fraction of sp³-hybridized carbons (Fsp3) is 0.167. The molecule has 1 N–H and O–H groups in total. The Morgan fingerprint density at radius 2 is 2.19 bits per heavy atom. The molecule has 0 radical (unpaired) electrons. The van der Waals surface area contributed by atoms with Crippen LogP contribution in [0.15, 0.2) is 36.7 Å². The highest BCUT2D eigenvalue weighted by Crippen LogP contribution is 2.23. The van der Waals surface area contributed by atoms with E-state index in [0.717, 1.165) is 16.7 Å². The molecule has 1 aromatic heterocycles. The molecule has 0 aliphatic rings. The maximum atomic E-state index is 10.7. The van der Waals surface area contributed by atoms with Crippen molar-refractivity contribution in [2.24, 2.45) is 7.05 Å². The van der Waals surface area contributed by atoms with E-state index in [1.54, 1.807) is 10.9 Å². The average Bonchev–Trinajstić information content (AvgIpc) is 2.65. The van der Waals surface area contributed by atoms with Crippen LogP contribution in [0.5, 0.6) is 0 Å². The summed E-state index contributed by atoms with van der Waals surface area (Å²) in [6.07, 6.45) is 3.65. The molecule has 4 nitrogen and oxygen atoms in total. The van der Waals surface area contributed by atoms with Gasteiger partial charge in [-0.05, 0) is 11.1 Å². The van der Waals surface area contributed by atoms with Crippen LogP contribution in [0.2, 0.25) is 0 Å². The molecule has 0 saturated heterocycles. The van der Waals surface area contributed by atoms with Crippen molar-refractivity contribution in [1.82, 2.24) is 9.78 Å². The number of hydrogen-bond acceptors (Lipinski definition) is 2. The molecule has 1 heterocycles. The van der Waals surface area contributed by atoms with Crippen LogP contribution in [0.4, 0.5) is 0 Å². The van der Waals surface area contributed by atoms with E-state index in [1.807, 2.05) is 37.5 Å². The van der Waals surface area contributed by atoms with Crippen molar-refractivity contribution in [2.45, 2.75) is 6.42 Å². The molecule has 0 atom stereocenters. The first kappa shape index (κ1) is 10.4. The molecule has 0 amide bonds. The normalized spacial score (nSPS) is 10.3. The third kappa shape index (κ3) is 2.11. The molecular weight excluding hydrogens is 204 g/mol. The molecule has 2 rings (SSSR count). The van der Waals surface area contributed by atoms with Crippen molar-refractivity contribution in [3.63, 3.8) is 0 Å². The minimum atomic E-state index is -0.823. The number of aromatic nitrogens is 2. The van der Waals surface area contributed by atoms with E-state index in [4.69, 9.17) is 5.11 Å².